The van der Waals surface area contributed by atoms with Gasteiger partial charge in [0.15, 0.2) is 24.2 Å². The predicted molar refractivity (Wildman–Crippen MR) is 59.0 cm³/mol. The van der Waals surface area contributed by atoms with Crippen LogP contribution < -0.4 is 10.4 Å². The van der Waals surface area contributed by atoms with Crippen LogP contribution in [0.3, 0.4) is 0 Å². The minimum Gasteiger partial charge on any atom is -0.504 e. The predicted octanol–water partition coefficient (Wildman–Crippen LogP) is 1.26. The number of phenols is 1. The lowest BCUT2D eigenvalue weighted by atomic mass is 10.2. The van der Waals surface area contributed by atoms with Crippen LogP contribution in [-0.4, -0.2) is 23.5 Å². The second-order valence-corrected chi connectivity index (χ2v) is 3.40. The number of nitrogens with zero attached hydrogens (tertiary/aromatic N) is 1. The lowest BCUT2D eigenvalue weighted by molar-refractivity contribution is -0.0394. The summed E-state index contributed by atoms with van der Waals surface area (Å²) in [6.07, 6.45) is 0.532. The van der Waals surface area contributed by atoms with Gasteiger partial charge in [-0.25, -0.2) is 9.78 Å². The molecule has 0 radical (unpaired) electrons. The molecule has 0 saturated heterocycles. The molecule has 0 fully saturated rings. The molecule has 1 N–H and O–H groups in total. The molecule has 90 valence electrons. The van der Waals surface area contributed by atoms with Crippen LogP contribution in [0, 0.1) is 0 Å². The summed E-state index contributed by atoms with van der Waals surface area (Å²) < 4.78 is 14.8. The molecule has 0 saturated carbocycles. The highest BCUT2D eigenvalue weighted by molar-refractivity contribution is 5.80. The molecule has 0 bridgehead atoms. The smallest absolute Gasteiger partial charge is 0.346 e. The van der Waals surface area contributed by atoms with Gasteiger partial charge in [0, 0.05) is 19.2 Å². The lowest BCUT2D eigenvalue weighted by Gasteiger charge is -2.13. The molecule has 2 rings (SSSR count). The van der Waals surface area contributed by atoms with Gasteiger partial charge in [0.05, 0.1) is 10.9 Å². The highest BCUT2D eigenvalue weighted by atomic mass is 16.7. The van der Waals surface area contributed by atoms with Gasteiger partial charge in [-0.3, -0.25) is 0 Å². The molecular formula is C11H11NO5. The number of fused-ring (bicyclic) bond motifs is 1. The third-order valence-corrected chi connectivity index (χ3v) is 2.27. The van der Waals surface area contributed by atoms with E-state index in [1.54, 1.807) is 6.92 Å². The Labute approximate surface area is 96.4 Å². The fraction of sp³-hybridized carbons (Fsp3) is 0.273. The molecule has 0 aliphatic carbocycles. The van der Waals surface area contributed by atoms with Crippen molar-refractivity contribution in [2.45, 2.75) is 13.2 Å². The van der Waals surface area contributed by atoms with Crippen molar-refractivity contribution in [1.82, 2.24) is 4.98 Å². The van der Waals surface area contributed by atoms with E-state index in [0.717, 1.165) is 6.39 Å². The second kappa shape index (κ2) is 4.42. The van der Waals surface area contributed by atoms with Crippen molar-refractivity contribution < 1.29 is 19.0 Å². The third kappa shape index (κ3) is 2.21. The van der Waals surface area contributed by atoms with Crippen LogP contribution in [0.4, 0.5) is 0 Å². The van der Waals surface area contributed by atoms with E-state index >= 15 is 0 Å². The summed E-state index contributed by atoms with van der Waals surface area (Å²) in [5.74, 6) is 0.0339. The van der Waals surface area contributed by atoms with Gasteiger partial charge in [0.1, 0.15) is 0 Å². The Hall–Kier alpha value is -2.08. The zero-order chi connectivity index (χ0) is 12.4. The topological polar surface area (TPSA) is 81.8 Å². The van der Waals surface area contributed by atoms with Crippen molar-refractivity contribution >= 4 is 10.9 Å². The first-order valence-corrected chi connectivity index (χ1v) is 4.92. The average Bonchev–Trinajstić information content (AvgIpc) is 2.31. The molecule has 1 heterocycles. The number of benzene rings is 1. The van der Waals surface area contributed by atoms with Gasteiger partial charge in [-0.1, -0.05) is 0 Å². The molecule has 6 heteroatoms. The summed E-state index contributed by atoms with van der Waals surface area (Å²) in [4.78, 5) is 15.2. The molecule has 0 aliphatic heterocycles. The number of methoxy groups -OCH3 is 1. The van der Waals surface area contributed by atoms with Crippen LogP contribution in [0.1, 0.15) is 6.92 Å². The zero-order valence-electron chi connectivity index (χ0n) is 9.34. The summed E-state index contributed by atoms with van der Waals surface area (Å²) in [5, 5.41) is 9.89. The van der Waals surface area contributed by atoms with Gasteiger partial charge < -0.3 is 19.0 Å². The van der Waals surface area contributed by atoms with E-state index < -0.39 is 11.9 Å². The molecule has 1 atom stereocenters. The standard InChI is InChI=1S/C11H11NO5/c1-6(15-2)17-10-4-8-7(3-9(10)13)11(14)16-5-12-8/h3-6,13H,1-2H3. The molecule has 0 aliphatic rings. The highest BCUT2D eigenvalue weighted by Gasteiger charge is 2.11. The van der Waals surface area contributed by atoms with E-state index in [-0.39, 0.29) is 16.9 Å². The SMILES string of the molecule is COC(C)Oc1cc2ncoc(=O)c2cc1O. The van der Waals surface area contributed by atoms with Crippen LogP contribution in [-0.2, 0) is 4.74 Å². The van der Waals surface area contributed by atoms with E-state index in [0.29, 0.717) is 5.52 Å². The Morgan fingerprint density at radius 2 is 2.24 bits per heavy atom. The van der Waals surface area contributed by atoms with Crippen LogP contribution in [0.2, 0.25) is 0 Å². The van der Waals surface area contributed by atoms with Crippen molar-refractivity contribution in [1.29, 1.82) is 0 Å². The van der Waals surface area contributed by atoms with Crippen LogP contribution in [0.5, 0.6) is 11.5 Å². The Kier molecular flexibility index (Phi) is 2.97. The highest BCUT2D eigenvalue weighted by Crippen LogP contribution is 2.30. The summed E-state index contributed by atoms with van der Waals surface area (Å²) >= 11 is 0. The van der Waals surface area contributed by atoms with E-state index in [1.807, 2.05) is 0 Å². The molecule has 1 unspecified atom stereocenters. The number of hydrogen-bond donors (Lipinski definition) is 1. The van der Waals surface area contributed by atoms with Crippen LogP contribution in [0.15, 0.2) is 27.7 Å². The third-order valence-electron chi connectivity index (χ3n) is 2.27. The van der Waals surface area contributed by atoms with E-state index in [9.17, 15) is 9.90 Å². The molecule has 0 spiro atoms. The Morgan fingerprint density at radius 1 is 1.47 bits per heavy atom. The first kappa shape index (κ1) is 11.4. The number of rotatable bonds is 3. The molecule has 2 aromatic rings. The molecule has 6 nitrogen and oxygen atoms in total. The van der Waals surface area contributed by atoms with Gasteiger partial charge in [0.25, 0.3) is 0 Å². The minimum atomic E-state index is -0.559. The van der Waals surface area contributed by atoms with Gasteiger partial charge in [-0.05, 0) is 6.92 Å². The van der Waals surface area contributed by atoms with Crippen LogP contribution in [0.25, 0.3) is 10.9 Å². The molecule has 1 aromatic carbocycles. The molecular weight excluding hydrogens is 226 g/mol. The second-order valence-electron chi connectivity index (χ2n) is 3.40. The maximum absolute atomic E-state index is 11.3. The largest absolute Gasteiger partial charge is 0.504 e. The van der Waals surface area contributed by atoms with Gasteiger partial charge in [-0.15, -0.1) is 0 Å². The zero-order valence-corrected chi connectivity index (χ0v) is 9.34. The molecule has 1 aromatic heterocycles. The summed E-state index contributed by atoms with van der Waals surface area (Å²) in [7, 11) is 1.48. The Morgan fingerprint density at radius 3 is 2.94 bits per heavy atom. The summed E-state index contributed by atoms with van der Waals surface area (Å²) in [6.45, 7) is 1.68. The van der Waals surface area contributed by atoms with Crippen LogP contribution >= 0.6 is 0 Å². The average molecular weight is 237 g/mol. The lowest BCUT2D eigenvalue weighted by Crippen LogP contribution is -2.13. The first-order valence-electron chi connectivity index (χ1n) is 4.92. The summed E-state index contributed by atoms with van der Waals surface area (Å²) in [6, 6.07) is 2.71. The van der Waals surface area contributed by atoms with E-state index in [2.05, 4.69) is 9.40 Å². The van der Waals surface area contributed by atoms with E-state index in [1.165, 1.54) is 19.2 Å². The number of ether oxygens (including phenoxy) is 2. The van der Waals surface area contributed by atoms with Gasteiger partial charge >= 0.3 is 5.63 Å². The minimum absolute atomic E-state index is 0.165. The number of aromatic nitrogens is 1. The first-order chi connectivity index (χ1) is 8.11. The Bertz CT molecular complexity index is 592. The molecule has 0 amide bonds. The van der Waals surface area contributed by atoms with E-state index in [4.69, 9.17) is 9.47 Å². The van der Waals surface area contributed by atoms with Gasteiger partial charge in [-0.2, -0.15) is 0 Å². The van der Waals surface area contributed by atoms with Crippen molar-refractivity contribution in [2.24, 2.45) is 0 Å². The number of phenolic OH excluding ortho intramolecular Hbond substituents is 1. The monoisotopic (exact) mass is 237 g/mol. The van der Waals surface area contributed by atoms with Crippen molar-refractivity contribution in [3.05, 3.63) is 28.9 Å². The maximum atomic E-state index is 11.3. The van der Waals surface area contributed by atoms with Crippen molar-refractivity contribution in [3.63, 3.8) is 0 Å². The summed E-state index contributed by atoms with van der Waals surface area (Å²) in [5.41, 5.74) is -0.172. The Balaban J connectivity index is 2.52. The maximum Gasteiger partial charge on any atom is 0.346 e. The molecule has 17 heavy (non-hydrogen) atoms. The fourth-order valence-electron chi connectivity index (χ4n) is 1.34. The number of hydrogen-bond acceptors (Lipinski definition) is 6. The number of aromatic hydroxyl groups is 1. The van der Waals surface area contributed by atoms with Crippen molar-refractivity contribution in [2.75, 3.05) is 7.11 Å². The fourth-order valence-corrected chi connectivity index (χ4v) is 1.34. The normalized spacial score (nSPS) is 12.6. The van der Waals surface area contributed by atoms with Crippen molar-refractivity contribution in [3.8, 4) is 11.5 Å². The van der Waals surface area contributed by atoms with Gasteiger partial charge in [0.2, 0.25) is 0 Å². The quantitative estimate of drug-likeness (QED) is 0.809.